The van der Waals surface area contributed by atoms with Crippen LogP contribution in [0.3, 0.4) is 0 Å². The van der Waals surface area contributed by atoms with Gasteiger partial charge in [0.1, 0.15) is 39.6 Å². The van der Waals surface area contributed by atoms with Crippen LogP contribution in [-0.4, -0.2) is 189 Å². The van der Waals surface area contributed by atoms with Gasteiger partial charge in [-0.05, 0) is 107 Å². The van der Waals surface area contributed by atoms with E-state index in [0.29, 0.717) is 78.5 Å². The Morgan fingerprint density at radius 1 is 0.433 bits per heavy atom. The van der Waals surface area contributed by atoms with Gasteiger partial charge in [0.25, 0.3) is 0 Å². The number of carbonyl (C=O) groups excluding carboxylic acids is 6. The molecule has 0 saturated heterocycles. The number of unbranched alkanes of at least 4 members (excludes halogenated alkanes) is 2. The van der Waals surface area contributed by atoms with Crippen molar-refractivity contribution in [3.63, 3.8) is 0 Å². The second kappa shape index (κ2) is 40.5. The minimum Gasteiger partial charge on any atom is -0.464 e. The maximum Gasteiger partial charge on any atom is 0.309 e. The van der Waals surface area contributed by atoms with Crippen LogP contribution in [0.1, 0.15) is 132 Å². The summed E-state index contributed by atoms with van der Waals surface area (Å²) >= 11 is 0. The summed E-state index contributed by atoms with van der Waals surface area (Å²) in [7, 11) is 8.52. The van der Waals surface area contributed by atoms with Crippen molar-refractivity contribution in [3.8, 4) is 0 Å². The molecule has 18 nitrogen and oxygen atoms in total. The first-order valence-corrected chi connectivity index (χ1v) is 24.2. The van der Waals surface area contributed by atoms with E-state index in [1.165, 1.54) is 14.2 Å². The number of nitrogens with zero attached hydrogens (tertiary/aromatic N) is 3. The van der Waals surface area contributed by atoms with Gasteiger partial charge in [-0.2, -0.15) is 0 Å². The standard InChI is InChI=1S/2C17H33NO5.C15H27NO5/c1-16(2,3)18(17(4,5)6)10-11-22-14(19)8-9-15(20)23-13-12-21-7;1-4-6-10-18(11-7-5-2)12-13-22-16(19)8-9-17(20)23-15-14-21-3;1-16(2)8-9-20-14(17)12-4-6-13(7-5-12)15(18)21-11-10-19-3/h8-13H2,1-7H3;4-15H2,1-3H3;12-13H,4-11H2,1-3H3. The van der Waals surface area contributed by atoms with Gasteiger partial charge in [-0.1, -0.05) is 26.7 Å². The van der Waals surface area contributed by atoms with Crippen LogP contribution in [0.15, 0.2) is 0 Å². The summed E-state index contributed by atoms with van der Waals surface area (Å²) < 4.78 is 45.0. The minimum absolute atomic E-state index is 0.0180. The molecule has 1 rings (SSSR count). The molecule has 0 aromatic heterocycles. The molecule has 0 atom stereocenters. The zero-order valence-electron chi connectivity index (χ0n) is 44.0. The Morgan fingerprint density at radius 3 is 1.07 bits per heavy atom. The van der Waals surface area contributed by atoms with E-state index in [4.69, 9.17) is 42.6 Å². The maximum absolute atomic E-state index is 11.9. The quantitative estimate of drug-likeness (QED) is 0.0440. The van der Waals surface area contributed by atoms with E-state index in [2.05, 4.69) is 65.2 Å². The van der Waals surface area contributed by atoms with E-state index in [9.17, 15) is 28.8 Å². The monoisotopic (exact) mass is 964 g/mol. The zero-order valence-corrected chi connectivity index (χ0v) is 44.0. The summed E-state index contributed by atoms with van der Waals surface area (Å²) in [6.07, 6.45) is 7.61. The predicted octanol–water partition coefficient (Wildman–Crippen LogP) is 5.89. The van der Waals surface area contributed by atoms with Gasteiger partial charge < -0.3 is 47.5 Å². The molecule has 0 amide bonds. The maximum atomic E-state index is 11.9. The number of likely N-dealkylation sites (N-methyl/N-ethyl adjacent to an activating group) is 1. The molecule has 0 aromatic carbocycles. The molecule has 0 spiro atoms. The fraction of sp³-hybridized carbons (Fsp3) is 0.878. The molecule has 0 aliphatic heterocycles. The van der Waals surface area contributed by atoms with Crippen LogP contribution < -0.4 is 0 Å². The van der Waals surface area contributed by atoms with Gasteiger partial charge in [0.05, 0.1) is 57.3 Å². The predicted molar refractivity (Wildman–Crippen MR) is 256 cm³/mol. The molecule has 1 aliphatic carbocycles. The van der Waals surface area contributed by atoms with E-state index in [1.807, 2.05) is 19.0 Å². The van der Waals surface area contributed by atoms with Crippen LogP contribution in [0.5, 0.6) is 0 Å². The number of ether oxygens (including phenoxy) is 9. The fourth-order valence-corrected chi connectivity index (χ4v) is 6.84. The normalized spacial score (nSPS) is 14.9. The Kier molecular flexibility index (Phi) is 39.7. The minimum atomic E-state index is -0.412. The van der Waals surface area contributed by atoms with Crippen LogP contribution in [0.2, 0.25) is 0 Å². The highest BCUT2D eigenvalue weighted by atomic mass is 16.6. The van der Waals surface area contributed by atoms with Crippen LogP contribution in [0.4, 0.5) is 0 Å². The second-order valence-electron chi connectivity index (χ2n) is 18.6. The van der Waals surface area contributed by atoms with E-state index in [1.54, 1.807) is 7.11 Å². The summed E-state index contributed by atoms with van der Waals surface area (Å²) in [5.41, 5.74) is -0.0361. The Balaban J connectivity index is 0. The number of methoxy groups -OCH3 is 3. The Bertz CT molecular complexity index is 1290. The van der Waals surface area contributed by atoms with Gasteiger partial charge in [-0.3, -0.25) is 38.6 Å². The van der Waals surface area contributed by atoms with Gasteiger partial charge in [0.15, 0.2) is 0 Å². The Labute approximate surface area is 404 Å². The summed E-state index contributed by atoms with van der Waals surface area (Å²) in [5.74, 6) is -2.01. The summed E-state index contributed by atoms with van der Waals surface area (Å²) in [4.78, 5) is 76.3. The molecule has 0 unspecified atom stereocenters. The smallest absolute Gasteiger partial charge is 0.309 e. The van der Waals surface area contributed by atoms with E-state index in [0.717, 1.165) is 51.9 Å². The third kappa shape index (κ3) is 38.2. The summed E-state index contributed by atoms with van der Waals surface area (Å²) in [5, 5.41) is 0. The SMILES string of the molecule is CCCCN(CCCC)CCOC(=O)CCC(=O)OCCOC.COCCOC(=O)C1CCC(C(=O)OCCN(C)C)CC1.COCCOC(=O)CCC(=O)OCCN(C(C)(C)C)C(C)(C)C. The Hall–Kier alpha value is -3.42. The van der Waals surface area contributed by atoms with Crippen LogP contribution in [-0.2, 0) is 71.4 Å². The molecule has 18 heteroatoms. The van der Waals surface area contributed by atoms with Crippen molar-refractivity contribution in [1.29, 1.82) is 0 Å². The van der Waals surface area contributed by atoms with Gasteiger partial charge in [0, 0.05) is 52.0 Å². The third-order valence-corrected chi connectivity index (χ3v) is 10.4. The molecule has 0 aromatic rings. The van der Waals surface area contributed by atoms with Crippen molar-refractivity contribution in [2.24, 2.45) is 11.8 Å². The highest BCUT2D eigenvalue weighted by molar-refractivity contribution is 5.78. The lowest BCUT2D eigenvalue weighted by Gasteiger charge is -2.45. The van der Waals surface area contributed by atoms with Gasteiger partial charge in [0.2, 0.25) is 0 Å². The molecule has 394 valence electrons. The van der Waals surface area contributed by atoms with E-state index in [-0.39, 0.29) is 85.7 Å². The number of carbonyl (C=O) groups is 6. The molecular formula is C49H93N3O15. The van der Waals surface area contributed by atoms with E-state index >= 15 is 0 Å². The third-order valence-electron chi connectivity index (χ3n) is 10.4. The van der Waals surface area contributed by atoms with Crippen LogP contribution in [0, 0.1) is 11.8 Å². The van der Waals surface area contributed by atoms with Gasteiger partial charge in [-0.15, -0.1) is 0 Å². The lowest BCUT2D eigenvalue weighted by molar-refractivity contribution is -0.156. The molecule has 0 heterocycles. The first-order chi connectivity index (χ1) is 31.7. The molecule has 0 N–H and O–H groups in total. The van der Waals surface area contributed by atoms with Crippen molar-refractivity contribution in [3.05, 3.63) is 0 Å². The van der Waals surface area contributed by atoms with Crippen molar-refractivity contribution in [2.75, 3.05) is 128 Å². The number of hydrogen-bond donors (Lipinski definition) is 0. The molecule has 1 fully saturated rings. The highest BCUT2D eigenvalue weighted by Crippen LogP contribution is 2.30. The fourth-order valence-electron chi connectivity index (χ4n) is 6.84. The van der Waals surface area contributed by atoms with Crippen molar-refractivity contribution < 1.29 is 71.4 Å². The molecule has 0 radical (unpaired) electrons. The summed E-state index contributed by atoms with van der Waals surface area (Å²) in [6.45, 7) is 24.3. The number of esters is 6. The second-order valence-corrected chi connectivity index (χ2v) is 18.6. The van der Waals surface area contributed by atoms with Crippen LogP contribution >= 0.6 is 0 Å². The van der Waals surface area contributed by atoms with Crippen molar-refractivity contribution in [1.82, 2.24) is 14.7 Å². The van der Waals surface area contributed by atoms with Crippen LogP contribution in [0.25, 0.3) is 0 Å². The van der Waals surface area contributed by atoms with Crippen molar-refractivity contribution in [2.45, 2.75) is 144 Å². The van der Waals surface area contributed by atoms with E-state index < -0.39 is 11.9 Å². The molecule has 0 bridgehead atoms. The first-order valence-electron chi connectivity index (χ1n) is 24.2. The van der Waals surface area contributed by atoms with Crippen molar-refractivity contribution >= 4 is 35.8 Å². The Morgan fingerprint density at radius 2 is 0.746 bits per heavy atom. The average Bonchev–Trinajstić information content (AvgIpc) is 3.26. The molecule has 1 aliphatic rings. The largest absolute Gasteiger partial charge is 0.464 e. The molecule has 1 saturated carbocycles. The molecular weight excluding hydrogens is 871 g/mol. The lowest BCUT2D eigenvalue weighted by Crippen LogP contribution is -2.53. The number of hydrogen-bond acceptors (Lipinski definition) is 18. The van der Waals surface area contributed by atoms with Gasteiger partial charge in [-0.25, -0.2) is 0 Å². The molecule has 67 heavy (non-hydrogen) atoms. The average molecular weight is 964 g/mol. The highest BCUT2D eigenvalue weighted by Gasteiger charge is 2.32. The lowest BCUT2D eigenvalue weighted by atomic mass is 9.82. The zero-order chi connectivity index (χ0) is 51.1. The first kappa shape index (κ1) is 65.7. The summed E-state index contributed by atoms with van der Waals surface area (Å²) in [6, 6.07) is 0. The number of rotatable bonds is 32. The van der Waals surface area contributed by atoms with Gasteiger partial charge >= 0.3 is 35.8 Å². The topological polar surface area (TPSA) is 195 Å².